The average Bonchev–Trinajstić information content (AvgIpc) is 2.78. The molecule has 0 amide bonds. The van der Waals surface area contributed by atoms with Crippen LogP contribution in [0.5, 0.6) is 0 Å². The molecule has 0 radical (unpaired) electrons. The van der Waals surface area contributed by atoms with Crippen LogP contribution in [0.15, 0.2) is 0 Å². The molecule has 66 valence electrons. The maximum atomic E-state index is 5.38. The highest BCUT2D eigenvalue weighted by molar-refractivity contribution is 5.31. The van der Waals surface area contributed by atoms with Gasteiger partial charge in [-0.05, 0) is 25.7 Å². The van der Waals surface area contributed by atoms with Gasteiger partial charge in [0.2, 0.25) is 11.9 Å². The fourth-order valence-corrected chi connectivity index (χ4v) is 1.26. The molecule has 5 nitrogen and oxygen atoms in total. The van der Waals surface area contributed by atoms with Crippen LogP contribution in [0.4, 0.5) is 11.9 Å². The largest absolute Gasteiger partial charge is 0.368 e. The molecule has 2 rings (SSSR count). The number of rotatable bonds is 3. The second-order valence-electron chi connectivity index (χ2n) is 3.31. The highest BCUT2D eigenvalue weighted by Gasteiger charge is 2.28. The van der Waals surface area contributed by atoms with E-state index in [9.17, 15) is 0 Å². The quantitative estimate of drug-likeness (QED) is 0.615. The van der Waals surface area contributed by atoms with Crippen LogP contribution in [-0.4, -0.2) is 21.2 Å². The Morgan fingerprint density at radius 2 is 2.42 bits per heavy atom. The minimum Gasteiger partial charge on any atom is -0.368 e. The summed E-state index contributed by atoms with van der Waals surface area (Å²) in [5.41, 5.74) is 5.38. The van der Waals surface area contributed by atoms with E-state index in [4.69, 9.17) is 5.73 Å². The van der Waals surface area contributed by atoms with Crippen LogP contribution >= 0.6 is 0 Å². The molecule has 0 aliphatic heterocycles. The summed E-state index contributed by atoms with van der Waals surface area (Å²) in [7, 11) is 0. The zero-order valence-electron chi connectivity index (χ0n) is 7.04. The first-order chi connectivity index (χ1) is 5.75. The van der Waals surface area contributed by atoms with Gasteiger partial charge >= 0.3 is 0 Å². The Bertz CT molecular complexity index is 265. The summed E-state index contributed by atoms with van der Waals surface area (Å²) < 4.78 is 0. The first-order valence-electron chi connectivity index (χ1n) is 4.20. The minimum atomic E-state index is 0.362. The summed E-state index contributed by atoms with van der Waals surface area (Å²) in [6, 6.07) is 0.459. The Hall–Kier alpha value is -1.26. The predicted octanol–water partition coefficient (Wildman–Crippen LogP) is 0.597. The van der Waals surface area contributed by atoms with Gasteiger partial charge in [-0.3, -0.25) is 0 Å². The minimum absolute atomic E-state index is 0.362. The van der Waals surface area contributed by atoms with E-state index in [1.165, 1.54) is 12.8 Å². The van der Waals surface area contributed by atoms with Crippen LogP contribution in [0.25, 0.3) is 0 Å². The van der Waals surface area contributed by atoms with Crippen molar-refractivity contribution in [2.75, 3.05) is 11.1 Å². The molecule has 0 aromatic carbocycles. The first kappa shape index (κ1) is 7.39. The van der Waals surface area contributed by atoms with Gasteiger partial charge in [-0.25, -0.2) is 5.10 Å². The van der Waals surface area contributed by atoms with Crippen LogP contribution in [-0.2, 0) is 0 Å². The number of aromatic nitrogens is 3. The molecule has 0 saturated heterocycles. The van der Waals surface area contributed by atoms with Gasteiger partial charge in [0, 0.05) is 6.04 Å². The summed E-state index contributed by atoms with van der Waals surface area (Å²) in [4.78, 5) is 3.96. The van der Waals surface area contributed by atoms with E-state index in [0.29, 0.717) is 17.9 Å². The molecule has 12 heavy (non-hydrogen) atoms. The van der Waals surface area contributed by atoms with Crippen LogP contribution in [0.3, 0.4) is 0 Å². The number of anilines is 2. The highest BCUT2D eigenvalue weighted by Crippen LogP contribution is 2.33. The van der Waals surface area contributed by atoms with E-state index in [1.807, 2.05) is 0 Å². The number of hydrogen-bond acceptors (Lipinski definition) is 4. The van der Waals surface area contributed by atoms with Crippen molar-refractivity contribution >= 4 is 11.9 Å². The van der Waals surface area contributed by atoms with Gasteiger partial charge in [-0.15, -0.1) is 5.10 Å². The van der Waals surface area contributed by atoms with Crippen molar-refractivity contribution in [3.8, 4) is 0 Å². The van der Waals surface area contributed by atoms with E-state index < -0.39 is 0 Å². The van der Waals surface area contributed by atoms with Crippen LogP contribution in [0, 0.1) is 5.92 Å². The third kappa shape index (κ3) is 1.49. The molecule has 1 saturated carbocycles. The van der Waals surface area contributed by atoms with Crippen molar-refractivity contribution in [1.29, 1.82) is 0 Å². The number of hydrogen-bond donors (Lipinski definition) is 3. The second-order valence-corrected chi connectivity index (χ2v) is 3.31. The van der Waals surface area contributed by atoms with Gasteiger partial charge in [0.05, 0.1) is 0 Å². The molecule has 1 unspecified atom stereocenters. The van der Waals surface area contributed by atoms with Crippen LogP contribution in [0.1, 0.15) is 19.8 Å². The third-order valence-corrected chi connectivity index (χ3v) is 2.19. The Morgan fingerprint density at radius 1 is 1.67 bits per heavy atom. The summed E-state index contributed by atoms with van der Waals surface area (Å²) in [6.45, 7) is 2.14. The van der Waals surface area contributed by atoms with Gasteiger partial charge in [-0.2, -0.15) is 4.98 Å². The Kier molecular flexibility index (Phi) is 1.64. The lowest BCUT2D eigenvalue weighted by molar-refractivity contribution is 0.687. The van der Waals surface area contributed by atoms with Crippen LogP contribution < -0.4 is 11.1 Å². The predicted molar refractivity (Wildman–Crippen MR) is 46.6 cm³/mol. The normalized spacial score (nSPS) is 19.1. The van der Waals surface area contributed by atoms with Gasteiger partial charge in [0.25, 0.3) is 0 Å². The molecule has 1 aliphatic rings. The number of nitrogens with two attached hydrogens (primary N) is 1. The van der Waals surface area contributed by atoms with Crippen molar-refractivity contribution < 1.29 is 0 Å². The lowest BCUT2D eigenvalue weighted by Crippen LogP contribution is -2.18. The number of nitrogen functional groups attached to an aromatic ring is 1. The SMILES string of the molecule is CC(Nc1n[nH]c(N)n1)C1CC1. The van der Waals surface area contributed by atoms with E-state index in [0.717, 1.165) is 5.92 Å². The molecular weight excluding hydrogens is 154 g/mol. The van der Waals surface area contributed by atoms with Crippen molar-refractivity contribution in [1.82, 2.24) is 15.2 Å². The first-order valence-corrected chi connectivity index (χ1v) is 4.20. The molecule has 0 bridgehead atoms. The summed E-state index contributed by atoms with van der Waals surface area (Å²) >= 11 is 0. The van der Waals surface area contributed by atoms with Crippen molar-refractivity contribution in [3.63, 3.8) is 0 Å². The lowest BCUT2D eigenvalue weighted by atomic mass is 10.2. The van der Waals surface area contributed by atoms with Crippen molar-refractivity contribution in [2.24, 2.45) is 5.92 Å². The fraction of sp³-hybridized carbons (Fsp3) is 0.714. The highest BCUT2D eigenvalue weighted by atomic mass is 15.3. The Morgan fingerprint density at radius 3 is 2.92 bits per heavy atom. The Labute approximate surface area is 70.8 Å². The standard InChI is InChI=1S/C7H13N5/c1-4(5-2-3-5)9-7-10-6(8)11-12-7/h4-5H,2-3H2,1H3,(H4,8,9,10,11,12). The molecule has 5 heteroatoms. The maximum Gasteiger partial charge on any atom is 0.243 e. The van der Waals surface area contributed by atoms with Crippen molar-refractivity contribution in [3.05, 3.63) is 0 Å². The summed E-state index contributed by atoms with van der Waals surface area (Å²) in [5.74, 6) is 1.76. The lowest BCUT2D eigenvalue weighted by Gasteiger charge is -2.09. The summed E-state index contributed by atoms with van der Waals surface area (Å²) in [6.07, 6.45) is 2.63. The zero-order valence-corrected chi connectivity index (χ0v) is 7.04. The topological polar surface area (TPSA) is 79.6 Å². The number of nitrogens with one attached hydrogen (secondary N) is 2. The van der Waals surface area contributed by atoms with Gasteiger partial charge in [0.1, 0.15) is 0 Å². The van der Waals surface area contributed by atoms with Gasteiger partial charge in [0.15, 0.2) is 0 Å². The number of nitrogens with zero attached hydrogens (tertiary/aromatic N) is 2. The summed E-state index contributed by atoms with van der Waals surface area (Å²) in [5, 5.41) is 9.67. The number of H-pyrrole nitrogens is 1. The molecule has 1 aliphatic carbocycles. The average molecular weight is 167 g/mol. The van der Waals surface area contributed by atoms with Gasteiger partial charge < -0.3 is 11.1 Å². The Balaban J connectivity index is 1.93. The van der Waals surface area contributed by atoms with E-state index in [1.54, 1.807) is 0 Å². The molecule has 1 aromatic rings. The second kappa shape index (κ2) is 2.66. The molecular formula is C7H13N5. The maximum absolute atomic E-state index is 5.38. The zero-order chi connectivity index (χ0) is 8.55. The van der Waals surface area contributed by atoms with E-state index in [2.05, 4.69) is 27.4 Å². The molecule has 1 atom stereocenters. The van der Waals surface area contributed by atoms with E-state index in [-0.39, 0.29) is 0 Å². The number of aromatic amines is 1. The molecule has 0 spiro atoms. The molecule has 1 heterocycles. The fourth-order valence-electron chi connectivity index (χ4n) is 1.26. The van der Waals surface area contributed by atoms with Crippen molar-refractivity contribution in [2.45, 2.75) is 25.8 Å². The molecule has 4 N–H and O–H groups in total. The monoisotopic (exact) mass is 167 g/mol. The smallest absolute Gasteiger partial charge is 0.243 e. The molecule has 1 aromatic heterocycles. The van der Waals surface area contributed by atoms with Crippen LogP contribution in [0.2, 0.25) is 0 Å². The van der Waals surface area contributed by atoms with Gasteiger partial charge in [-0.1, -0.05) is 0 Å². The van der Waals surface area contributed by atoms with E-state index >= 15 is 0 Å². The third-order valence-electron chi connectivity index (χ3n) is 2.19. The molecule has 1 fully saturated rings.